The van der Waals surface area contributed by atoms with Crippen molar-refractivity contribution in [1.29, 1.82) is 5.26 Å². The quantitative estimate of drug-likeness (QED) is 0.935. The summed E-state index contributed by atoms with van der Waals surface area (Å²) in [5.41, 5.74) is 3.25. The number of rotatable bonds is 4. The monoisotopic (exact) mass is 325 g/mol. The zero-order chi connectivity index (χ0) is 16.2. The van der Waals surface area contributed by atoms with Crippen LogP contribution in [0.4, 0.5) is 5.00 Å². The summed E-state index contributed by atoms with van der Waals surface area (Å²) < 4.78 is 0. The Labute approximate surface area is 140 Å². The lowest BCUT2D eigenvalue weighted by Gasteiger charge is -2.32. The first-order valence-electron chi connectivity index (χ1n) is 7.74. The third-order valence-corrected chi connectivity index (χ3v) is 5.13. The van der Waals surface area contributed by atoms with Crippen molar-refractivity contribution in [2.24, 2.45) is 0 Å². The first kappa shape index (κ1) is 15.7. The Morgan fingerprint density at radius 3 is 3.09 bits per heavy atom. The molecular formula is C18H19N3OS. The SMILES string of the molecule is CN(CC(=O)Nc1sccc1C#N)[C@H]1CCCc2ccccc21. The second-order valence-corrected chi connectivity index (χ2v) is 6.76. The summed E-state index contributed by atoms with van der Waals surface area (Å²) in [6.45, 7) is 0.321. The van der Waals surface area contributed by atoms with Gasteiger partial charge in [-0.25, -0.2) is 0 Å². The topological polar surface area (TPSA) is 56.1 Å². The number of nitrogens with one attached hydrogen (secondary N) is 1. The predicted octanol–water partition coefficient (Wildman–Crippen LogP) is 3.57. The summed E-state index contributed by atoms with van der Waals surface area (Å²) in [4.78, 5) is 14.4. The van der Waals surface area contributed by atoms with Gasteiger partial charge in [-0.1, -0.05) is 24.3 Å². The van der Waals surface area contributed by atoms with Crippen LogP contribution in [0.15, 0.2) is 35.7 Å². The van der Waals surface area contributed by atoms with E-state index in [1.807, 2.05) is 12.4 Å². The summed E-state index contributed by atoms with van der Waals surface area (Å²) >= 11 is 1.38. The fourth-order valence-corrected chi connectivity index (χ4v) is 3.94. The minimum absolute atomic E-state index is 0.0745. The molecule has 1 aliphatic rings. The number of likely N-dealkylation sites (N-methyl/N-ethyl adjacent to an activating group) is 1. The molecular weight excluding hydrogens is 306 g/mol. The second-order valence-electron chi connectivity index (χ2n) is 5.85. The van der Waals surface area contributed by atoms with Gasteiger partial charge in [-0.05, 0) is 48.9 Å². The fourth-order valence-electron chi connectivity index (χ4n) is 3.18. The molecule has 0 bridgehead atoms. The van der Waals surface area contributed by atoms with Crippen molar-refractivity contribution in [3.05, 3.63) is 52.4 Å². The molecule has 1 atom stereocenters. The molecule has 0 unspecified atom stereocenters. The predicted molar refractivity (Wildman–Crippen MR) is 92.4 cm³/mol. The van der Waals surface area contributed by atoms with E-state index in [1.54, 1.807) is 6.07 Å². The summed E-state index contributed by atoms with van der Waals surface area (Å²) in [7, 11) is 1.99. The van der Waals surface area contributed by atoms with Gasteiger partial charge in [-0.15, -0.1) is 11.3 Å². The van der Waals surface area contributed by atoms with Crippen molar-refractivity contribution in [2.45, 2.75) is 25.3 Å². The summed E-state index contributed by atoms with van der Waals surface area (Å²) in [6.07, 6.45) is 3.34. The van der Waals surface area contributed by atoms with E-state index in [0.29, 0.717) is 17.1 Å². The fraction of sp³-hybridized carbons (Fsp3) is 0.333. The Kier molecular flexibility index (Phi) is 4.75. The van der Waals surface area contributed by atoms with Crippen LogP contribution < -0.4 is 5.32 Å². The van der Waals surface area contributed by atoms with Gasteiger partial charge < -0.3 is 5.32 Å². The number of carbonyl (C=O) groups excluding carboxylic acids is 1. The van der Waals surface area contributed by atoms with Crippen LogP contribution in [0.5, 0.6) is 0 Å². The molecule has 5 heteroatoms. The van der Waals surface area contributed by atoms with E-state index in [4.69, 9.17) is 5.26 Å². The third kappa shape index (κ3) is 3.44. The Balaban J connectivity index is 1.67. The molecule has 1 heterocycles. The smallest absolute Gasteiger partial charge is 0.239 e. The number of carbonyl (C=O) groups is 1. The Bertz CT molecular complexity index is 747. The van der Waals surface area contributed by atoms with Crippen molar-refractivity contribution >= 4 is 22.2 Å². The number of nitriles is 1. The minimum atomic E-state index is -0.0745. The van der Waals surface area contributed by atoms with E-state index < -0.39 is 0 Å². The molecule has 3 rings (SSSR count). The zero-order valence-electron chi connectivity index (χ0n) is 13.1. The molecule has 0 spiro atoms. The molecule has 1 aromatic carbocycles. The van der Waals surface area contributed by atoms with Crippen molar-refractivity contribution < 1.29 is 4.79 Å². The van der Waals surface area contributed by atoms with Gasteiger partial charge in [-0.3, -0.25) is 9.69 Å². The molecule has 1 aliphatic carbocycles. The molecule has 0 saturated carbocycles. The van der Waals surface area contributed by atoms with E-state index in [2.05, 4.69) is 40.6 Å². The Morgan fingerprint density at radius 2 is 2.26 bits per heavy atom. The van der Waals surface area contributed by atoms with Crippen LogP contribution >= 0.6 is 11.3 Å². The average Bonchev–Trinajstić information content (AvgIpc) is 3.01. The first-order valence-corrected chi connectivity index (χ1v) is 8.62. The number of hydrogen-bond acceptors (Lipinski definition) is 4. The molecule has 0 radical (unpaired) electrons. The van der Waals surface area contributed by atoms with Gasteiger partial charge >= 0.3 is 0 Å². The van der Waals surface area contributed by atoms with Crippen LogP contribution in [0.25, 0.3) is 0 Å². The maximum absolute atomic E-state index is 12.3. The third-order valence-electron chi connectivity index (χ3n) is 4.30. The van der Waals surface area contributed by atoms with Crippen molar-refractivity contribution in [1.82, 2.24) is 4.90 Å². The van der Waals surface area contributed by atoms with E-state index in [-0.39, 0.29) is 11.9 Å². The summed E-state index contributed by atoms with van der Waals surface area (Å²) in [6, 6.07) is 12.6. The first-order chi connectivity index (χ1) is 11.2. The number of hydrogen-bond donors (Lipinski definition) is 1. The van der Waals surface area contributed by atoms with Gasteiger partial charge in [0.25, 0.3) is 0 Å². The van der Waals surface area contributed by atoms with Crippen LogP contribution in [-0.4, -0.2) is 24.4 Å². The van der Waals surface area contributed by atoms with Crippen molar-refractivity contribution in [3.63, 3.8) is 0 Å². The number of aryl methyl sites for hydroxylation is 1. The second kappa shape index (κ2) is 6.95. The van der Waals surface area contributed by atoms with Crippen LogP contribution in [0.3, 0.4) is 0 Å². The average molecular weight is 325 g/mol. The van der Waals surface area contributed by atoms with Gasteiger partial charge in [0.05, 0.1) is 12.1 Å². The Morgan fingerprint density at radius 1 is 1.43 bits per heavy atom. The molecule has 1 aromatic heterocycles. The normalized spacial score (nSPS) is 16.7. The number of amides is 1. The molecule has 1 amide bonds. The lowest BCUT2D eigenvalue weighted by Crippen LogP contribution is -2.34. The minimum Gasteiger partial charge on any atom is -0.315 e. The van der Waals surface area contributed by atoms with E-state index in [1.165, 1.54) is 22.5 Å². The van der Waals surface area contributed by atoms with Crippen LogP contribution in [0.1, 0.15) is 35.6 Å². The van der Waals surface area contributed by atoms with Gasteiger partial charge in [0, 0.05) is 6.04 Å². The lowest BCUT2D eigenvalue weighted by atomic mass is 9.87. The van der Waals surface area contributed by atoms with Crippen LogP contribution in [0.2, 0.25) is 0 Å². The van der Waals surface area contributed by atoms with Gasteiger partial charge in [0.15, 0.2) is 0 Å². The zero-order valence-corrected chi connectivity index (χ0v) is 13.9. The van der Waals surface area contributed by atoms with Gasteiger partial charge in [0.2, 0.25) is 5.91 Å². The molecule has 23 heavy (non-hydrogen) atoms. The number of benzene rings is 1. The highest BCUT2D eigenvalue weighted by Crippen LogP contribution is 2.33. The molecule has 1 N–H and O–H groups in total. The molecule has 4 nitrogen and oxygen atoms in total. The van der Waals surface area contributed by atoms with Gasteiger partial charge in [0.1, 0.15) is 11.1 Å². The number of nitrogens with zero attached hydrogens (tertiary/aromatic N) is 2. The Hall–Kier alpha value is -2.16. The maximum Gasteiger partial charge on any atom is 0.239 e. The molecule has 0 saturated heterocycles. The van der Waals surface area contributed by atoms with Crippen molar-refractivity contribution in [3.8, 4) is 6.07 Å². The maximum atomic E-state index is 12.3. The number of fused-ring (bicyclic) bond motifs is 1. The largest absolute Gasteiger partial charge is 0.315 e. The highest BCUT2D eigenvalue weighted by molar-refractivity contribution is 7.14. The number of anilines is 1. The van der Waals surface area contributed by atoms with Crippen LogP contribution in [-0.2, 0) is 11.2 Å². The van der Waals surface area contributed by atoms with E-state index in [0.717, 1.165) is 19.3 Å². The molecule has 2 aromatic rings. The summed E-state index contributed by atoms with van der Waals surface area (Å²) in [5, 5.41) is 14.3. The number of thiophene rings is 1. The highest BCUT2D eigenvalue weighted by Gasteiger charge is 2.24. The van der Waals surface area contributed by atoms with E-state index >= 15 is 0 Å². The lowest BCUT2D eigenvalue weighted by molar-refractivity contribution is -0.117. The molecule has 0 aliphatic heterocycles. The van der Waals surface area contributed by atoms with E-state index in [9.17, 15) is 4.79 Å². The van der Waals surface area contributed by atoms with Crippen molar-refractivity contribution in [2.75, 3.05) is 18.9 Å². The molecule has 0 fully saturated rings. The van der Waals surface area contributed by atoms with Crippen LogP contribution in [0, 0.1) is 11.3 Å². The standard InChI is InChI=1S/C18H19N3OS/c1-21(12-17(22)20-18-14(11-19)9-10-23-18)16-8-4-6-13-5-2-3-7-15(13)16/h2-3,5,7,9-10,16H,4,6,8,12H2,1H3,(H,20,22)/t16-/m0/s1. The molecule has 118 valence electrons. The van der Waals surface area contributed by atoms with Gasteiger partial charge in [-0.2, -0.15) is 5.26 Å². The highest BCUT2D eigenvalue weighted by atomic mass is 32.1. The summed E-state index contributed by atoms with van der Waals surface area (Å²) in [5.74, 6) is -0.0745.